The Morgan fingerprint density at radius 1 is 0.591 bits per heavy atom. The standard InChI is InChI=1S/C26H16Cl2F6N2O6S2/c27-21-3-1-2-20(24(21)28)15-4-13-22(35-43(37,38)18-9-5-16(6-10-18)41-25(29,30)31)23(14-15)36-44(39,40)19-11-7-17(8-12-19)42-26(32,33)34/h1-14,35-36H. The third kappa shape index (κ3) is 8.40. The van der Waals surface area contributed by atoms with Gasteiger partial charge in [0, 0.05) is 5.56 Å². The Bertz CT molecular complexity index is 1890. The molecule has 0 saturated carbocycles. The zero-order chi connectivity index (χ0) is 32.5. The van der Waals surface area contributed by atoms with Crippen LogP contribution < -0.4 is 18.9 Å². The molecule has 0 saturated heterocycles. The van der Waals surface area contributed by atoms with Crippen LogP contribution in [0.4, 0.5) is 37.7 Å². The molecule has 0 heterocycles. The molecule has 44 heavy (non-hydrogen) atoms. The molecule has 0 fully saturated rings. The Kier molecular flexibility index (Phi) is 9.21. The zero-order valence-electron chi connectivity index (χ0n) is 21.4. The van der Waals surface area contributed by atoms with Gasteiger partial charge in [-0.1, -0.05) is 41.4 Å². The highest BCUT2D eigenvalue weighted by molar-refractivity contribution is 7.93. The molecule has 0 aliphatic rings. The van der Waals surface area contributed by atoms with E-state index >= 15 is 0 Å². The minimum Gasteiger partial charge on any atom is -0.406 e. The van der Waals surface area contributed by atoms with Crippen molar-refractivity contribution < 1.29 is 52.7 Å². The molecule has 0 atom stereocenters. The first-order chi connectivity index (χ1) is 20.3. The highest BCUT2D eigenvalue weighted by Gasteiger charge is 2.32. The van der Waals surface area contributed by atoms with Crippen molar-refractivity contribution in [3.8, 4) is 22.6 Å². The molecule has 4 rings (SSSR count). The minimum absolute atomic E-state index is 0.0951. The number of rotatable bonds is 9. The Hall–Kier alpha value is -3.86. The maximum absolute atomic E-state index is 13.2. The number of anilines is 2. The Balaban J connectivity index is 1.72. The van der Waals surface area contributed by atoms with E-state index < -0.39 is 54.1 Å². The Morgan fingerprint density at radius 2 is 1.05 bits per heavy atom. The number of benzene rings is 4. The first-order valence-electron chi connectivity index (χ1n) is 11.7. The third-order valence-corrected chi connectivity index (χ3v) is 9.09. The molecule has 4 aromatic rings. The van der Waals surface area contributed by atoms with Crippen molar-refractivity contribution in [1.82, 2.24) is 0 Å². The summed E-state index contributed by atoms with van der Waals surface area (Å²) in [7, 11) is -9.08. The van der Waals surface area contributed by atoms with Gasteiger partial charge in [-0.2, -0.15) is 0 Å². The fourth-order valence-electron chi connectivity index (χ4n) is 3.66. The minimum atomic E-state index is -5.02. The van der Waals surface area contributed by atoms with Crippen molar-refractivity contribution in [3.05, 3.63) is 95.0 Å². The van der Waals surface area contributed by atoms with Gasteiger partial charge in [-0.05, 0) is 72.3 Å². The molecule has 0 aliphatic heterocycles. The molecule has 4 aromatic carbocycles. The van der Waals surface area contributed by atoms with E-state index in [0.717, 1.165) is 48.5 Å². The summed E-state index contributed by atoms with van der Waals surface area (Å²) in [5, 5.41) is 0.257. The summed E-state index contributed by atoms with van der Waals surface area (Å²) in [5.74, 6) is -1.37. The van der Waals surface area contributed by atoms with E-state index in [1.165, 1.54) is 24.3 Å². The lowest BCUT2D eigenvalue weighted by atomic mass is 10.0. The molecular weight excluding hydrogens is 685 g/mol. The number of alkyl halides is 6. The molecule has 0 amide bonds. The van der Waals surface area contributed by atoms with Crippen LogP contribution >= 0.6 is 23.2 Å². The van der Waals surface area contributed by atoms with Crippen molar-refractivity contribution in [2.24, 2.45) is 0 Å². The lowest BCUT2D eigenvalue weighted by Crippen LogP contribution is -2.19. The van der Waals surface area contributed by atoms with Crippen LogP contribution in [0.3, 0.4) is 0 Å². The van der Waals surface area contributed by atoms with Gasteiger partial charge < -0.3 is 9.47 Å². The first-order valence-corrected chi connectivity index (χ1v) is 15.4. The number of halogens is 8. The van der Waals surface area contributed by atoms with E-state index in [1.54, 1.807) is 12.1 Å². The number of ether oxygens (including phenoxy) is 2. The lowest BCUT2D eigenvalue weighted by Gasteiger charge is -2.17. The summed E-state index contributed by atoms with van der Waals surface area (Å²) in [5.41, 5.74) is -0.0680. The molecule has 234 valence electrons. The van der Waals surface area contributed by atoms with Crippen LogP contribution in [0.15, 0.2) is 94.7 Å². The quantitative estimate of drug-likeness (QED) is 0.171. The van der Waals surface area contributed by atoms with Crippen molar-refractivity contribution >= 4 is 54.6 Å². The number of hydrogen-bond donors (Lipinski definition) is 2. The summed E-state index contributed by atoms with van der Waals surface area (Å²) >= 11 is 12.4. The number of sulfonamides is 2. The van der Waals surface area contributed by atoms with Crippen LogP contribution in [-0.2, 0) is 20.0 Å². The fourth-order valence-corrected chi connectivity index (χ4v) is 6.22. The second kappa shape index (κ2) is 12.3. The SMILES string of the molecule is O=S(=O)(Nc1ccc(-c2cccc(Cl)c2Cl)cc1NS(=O)(=O)c1ccc(OC(F)(F)F)cc1)c1ccc(OC(F)(F)F)cc1. The van der Waals surface area contributed by atoms with E-state index in [4.69, 9.17) is 23.2 Å². The molecule has 18 heteroatoms. The highest BCUT2D eigenvalue weighted by atomic mass is 35.5. The van der Waals surface area contributed by atoms with Crippen LogP contribution in [0.5, 0.6) is 11.5 Å². The van der Waals surface area contributed by atoms with Crippen LogP contribution in [0.1, 0.15) is 0 Å². The largest absolute Gasteiger partial charge is 0.573 e. The van der Waals surface area contributed by atoms with Crippen molar-refractivity contribution in [3.63, 3.8) is 0 Å². The maximum atomic E-state index is 13.2. The number of nitrogens with one attached hydrogen (secondary N) is 2. The van der Waals surface area contributed by atoms with E-state index in [9.17, 15) is 43.2 Å². The van der Waals surface area contributed by atoms with Crippen LogP contribution in [0.2, 0.25) is 10.0 Å². The van der Waals surface area contributed by atoms with E-state index in [0.29, 0.717) is 5.56 Å². The second-order valence-corrected chi connectivity index (χ2v) is 12.8. The van der Waals surface area contributed by atoms with Crippen LogP contribution in [-0.4, -0.2) is 29.6 Å². The molecule has 0 aliphatic carbocycles. The Labute approximate surface area is 256 Å². The van der Waals surface area contributed by atoms with Crippen LogP contribution in [0, 0.1) is 0 Å². The normalized spacial score (nSPS) is 12.5. The van der Waals surface area contributed by atoms with Crippen molar-refractivity contribution in [2.75, 3.05) is 9.44 Å². The van der Waals surface area contributed by atoms with Gasteiger partial charge in [0.15, 0.2) is 0 Å². The molecule has 0 radical (unpaired) electrons. The molecule has 2 N–H and O–H groups in total. The van der Waals surface area contributed by atoms with E-state index in [1.807, 2.05) is 0 Å². The summed E-state index contributed by atoms with van der Waals surface area (Å²) in [6.07, 6.45) is -10.0. The average Bonchev–Trinajstić information content (AvgIpc) is 2.90. The topological polar surface area (TPSA) is 111 Å². The van der Waals surface area contributed by atoms with Gasteiger partial charge in [0.25, 0.3) is 20.0 Å². The summed E-state index contributed by atoms with van der Waals surface area (Å²) in [6.45, 7) is 0. The third-order valence-electron chi connectivity index (χ3n) is 5.51. The van der Waals surface area contributed by atoms with E-state index in [2.05, 4.69) is 18.9 Å². The monoisotopic (exact) mass is 700 g/mol. The van der Waals surface area contributed by atoms with Crippen molar-refractivity contribution in [1.29, 1.82) is 0 Å². The highest BCUT2D eigenvalue weighted by Crippen LogP contribution is 2.38. The zero-order valence-corrected chi connectivity index (χ0v) is 24.5. The molecular formula is C26H16Cl2F6N2O6S2. The fraction of sp³-hybridized carbons (Fsp3) is 0.0769. The van der Waals surface area contributed by atoms with Crippen molar-refractivity contribution in [2.45, 2.75) is 22.5 Å². The van der Waals surface area contributed by atoms with Gasteiger partial charge in [0.2, 0.25) is 0 Å². The van der Waals surface area contributed by atoms with Gasteiger partial charge in [0.05, 0.1) is 31.2 Å². The van der Waals surface area contributed by atoms with Gasteiger partial charge in [-0.3, -0.25) is 9.44 Å². The predicted molar refractivity (Wildman–Crippen MR) is 150 cm³/mol. The molecule has 0 spiro atoms. The summed E-state index contributed by atoms with van der Waals surface area (Å²) < 4.78 is 139. The van der Waals surface area contributed by atoms with Gasteiger partial charge >= 0.3 is 12.7 Å². The molecule has 0 aromatic heterocycles. The van der Waals surface area contributed by atoms with Gasteiger partial charge in [0.1, 0.15) is 11.5 Å². The lowest BCUT2D eigenvalue weighted by molar-refractivity contribution is -0.275. The molecule has 0 unspecified atom stereocenters. The maximum Gasteiger partial charge on any atom is 0.573 e. The molecule has 8 nitrogen and oxygen atoms in total. The first kappa shape index (κ1) is 33.0. The van der Waals surface area contributed by atoms with Gasteiger partial charge in [-0.15, -0.1) is 26.3 Å². The second-order valence-electron chi connectivity index (χ2n) is 8.61. The smallest absolute Gasteiger partial charge is 0.406 e. The predicted octanol–water partition coefficient (Wildman–Crippen LogP) is 8.06. The molecule has 0 bridgehead atoms. The Morgan fingerprint density at radius 3 is 1.50 bits per heavy atom. The summed E-state index contributed by atoms with van der Waals surface area (Å²) in [6, 6.07) is 14.8. The average molecular weight is 701 g/mol. The number of hydrogen-bond acceptors (Lipinski definition) is 6. The van der Waals surface area contributed by atoms with Crippen LogP contribution in [0.25, 0.3) is 11.1 Å². The van der Waals surface area contributed by atoms with E-state index in [-0.39, 0.29) is 27.0 Å². The van der Waals surface area contributed by atoms with Gasteiger partial charge in [-0.25, -0.2) is 16.8 Å². The summed E-state index contributed by atoms with van der Waals surface area (Å²) in [4.78, 5) is -1.00.